The maximum Gasteiger partial charge on any atom is 0.125 e. The summed E-state index contributed by atoms with van der Waals surface area (Å²) in [5, 5.41) is 4.48. The van der Waals surface area contributed by atoms with Gasteiger partial charge in [-0.05, 0) is 46.1 Å². The molecule has 1 aromatic rings. The Morgan fingerprint density at radius 3 is 2.84 bits per heavy atom. The number of aryl methyl sites for hydroxylation is 1. The molecule has 0 saturated heterocycles. The molecule has 3 atom stereocenters. The average molecular weight is 282 g/mol. The Morgan fingerprint density at radius 2 is 2.26 bits per heavy atom. The highest BCUT2D eigenvalue weighted by Crippen LogP contribution is 2.45. The third-order valence-corrected chi connectivity index (χ3v) is 5.92. The van der Waals surface area contributed by atoms with Crippen LogP contribution in [0.15, 0.2) is 0 Å². The molecule has 4 heteroatoms. The first-order valence-corrected chi connectivity index (χ1v) is 8.04. The maximum atomic E-state index is 5.94. The second-order valence-electron chi connectivity index (χ2n) is 5.88. The zero-order valence-electron chi connectivity index (χ0n) is 12.7. The van der Waals surface area contributed by atoms with Crippen LogP contribution in [0.1, 0.15) is 61.2 Å². The lowest BCUT2D eigenvalue weighted by Crippen LogP contribution is -2.34. The lowest BCUT2D eigenvalue weighted by molar-refractivity contribution is -0.0581. The molecule has 1 aliphatic carbocycles. The molecule has 3 unspecified atom stereocenters. The molecule has 0 radical (unpaired) electrons. The van der Waals surface area contributed by atoms with Crippen LogP contribution in [0, 0.1) is 12.8 Å². The Balaban J connectivity index is 2.33. The van der Waals surface area contributed by atoms with Gasteiger partial charge < -0.3 is 10.1 Å². The highest BCUT2D eigenvalue weighted by molar-refractivity contribution is 7.12. The Hall–Kier alpha value is -0.450. The van der Waals surface area contributed by atoms with Gasteiger partial charge in [-0.25, -0.2) is 4.98 Å². The van der Waals surface area contributed by atoms with Crippen LogP contribution in [0.25, 0.3) is 0 Å². The molecule has 0 aromatic carbocycles. The maximum absolute atomic E-state index is 5.94. The van der Waals surface area contributed by atoms with Gasteiger partial charge in [-0.3, -0.25) is 0 Å². The average Bonchev–Trinajstić information content (AvgIpc) is 2.80. The molecule has 1 saturated carbocycles. The fourth-order valence-corrected chi connectivity index (χ4v) is 4.44. The first kappa shape index (κ1) is 14.9. The van der Waals surface area contributed by atoms with E-state index in [4.69, 9.17) is 9.72 Å². The number of rotatable bonds is 4. The number of thiazole rings is 1. The van der Waals surface area contributed by atoms with Gasteiger partial charge in [-0.15, -0.1) is 11.3 Å². The van der Waals surface area contributed by atoms with Gasteiger partial charge in [0.2, 0.25) is 0 Å². The van der Waals surface area contributed by atoms with Crippen LogP contribution in [0.2, 0.25) is 0 Å². The Morgan fingerprint density at radius 1 is 1.53 bits per heavy atom. The predicted octanol–water partition coefficient (Wildman–Crippen LogP) is 3.78. The van der Waals surface area contributed by atoms with Crippen molar-refractivity contribution in [3.05, 3.63) is 15.6 Å². The van der Waals surface area contributed by atoms with Crippen molar-refractivity contribution >= 4 is 11.3 Å². The smallest absolute Gasteiger partial charge is 0.125 e. The van der Waals surface area contributed by atoms with Gasteiger partial charge >= 0.3 is 0 Å². The van der Waals surface area contributed by atoms with Crippen LogP contribution in [-0.2, 0) is 10.3 Å². The summed E-state index contributed by atoms with van der Waals surface area (Å²) in [6.45, 7) is 6.62. The van der Waals surface area contributed by atoms with E-state index in [0.29, 0.717) is 6.04 Å². The molecule has 0 aliphatic heterocycles. The number of methoxy groups -OCH3 is 1. The van der Waals surface area contributed by atoms with Gasteiger partial charge in [0.15, 0.2) is 0 Å². The van der Waals surface area contributed by atoms with Crippen molar-refractivity contribution in [2.45, 2.75) is 58.1 Å². The minimum absolute atomic E-state index is 0.140. The van der Waals surface area contributed by atoms with Gasteiger partial charge in [0.25, 0.3) is 0 Å². The van der Waals surface area contributed by atoms with E-state index in [1.807, 2.05) is 25.5 Å². The van der Waals surface area contributed by atoms with Gasteiger partial charge in [0.05, 0.1) is 5.69 Å². The topological polar surface area (TPSA) is 34.1 Å². The van der Waals surface area contributed by atoms with Crippen molar-refractivity contribution in [3.8, 4) is 0 Å². The van der Waals surface area contributed by atoms with Crippen molar-refractivity contribution in [3.63, 3.8) is 0 Å². The molecule has 1 aliphatic rings. The number of hydrogen-bond donors (Lipinski definition) is 1. The van der Waals surface area contributed by atoms with Crippen LogP contribution < -0.4 is 5.32 Å². The number of nitrogens with zero attached hydrogens (tertiary/aromatic N) is 1. The van der Waals surface area contributed by atoms with E-state index in [1.54, 1.807) is 0 Å². The molecule has 1 N–H and O–H groups in total. The minimum atomic E-state index is -0.140. The van der Waals surface area contributed by atoms with Gasteiger partial charge in [-0.1, -0.05) is 13.3 Å². The van der Waals surface area contributed by atoms with Gasteiger partial charge in [0, 0.05) is 18.0 Å². The van der Waals surface area contributed by atoms with E-state index in [1.165, 1.54) is 22.7 Å². The standard InChI is InChI=1S/C15H26N2OS/c1-10-7-6-8-15(9-10,18-5)14-17-12(3)13(19-14)11(2)16-4/h10-11,16H,6-9H2,1-5H3. The van der Waals surface area contributed by atoms with Crippen molar-refractivity contribution < 1.29 is 4.74 Å². The van der Waals surface area contributed by atoms with Crippen molar-refractivity contribution in [1.29, 1.82) is 0 Å². The van der Waals surface area contributed by atoms with E-state index >= 15 is 0 Å². The molecule has 1 aromatic heterocycles. The quantitative estimate of drug-likeness (QED) is 0.912. The first-order chi connectivity index (χ1) is 9.02. The fourth-order valence-electron chi connectivity index (χ4n) is 3.11. The number of nitrogens with one attached hydrogen (secondary N) is 1. The lowest BCUT2D eigenvalue weighted by atomic mass is 9.79. The third-order valence-electron chi connectivity index (χ3n) is 4.40. The van der Waals surface area contributed by atoms with E-state index in [2.05, 4.69) is 26.1 Å². The molecule has 0 spiro atoms. The van der Waals surface area contributed by atoms with Crippen LogP contribution in [0.5, 0.6) is 0 Å². The van der Waals surface area contributed by atoms with Crippen LogP contribution in [0.4, 0.5) is 0 Å². The molecular formula is C15H26N2OS. The summed E-state index contributed by atoms with van der Waals surface area (Å²) in [5.41, 5.74) is 1.01. The van der Waals surface area contributed by atoms with Crippen molar-refractivity contribution in [2.75, 3.05) is 14.2 Å². The molecule has 0 bridgehead atoms. The summed E-state index contributed by atoms with van der Waals surface area (Å²) in [6, 6.07) is 0.362. The van der Waals surface area contributed by atoms with Crippen molar-refractivity contribution in [1.82, 2.24) is 10.3 Å². The zero-order chi connectivity index (χ0) is 14.0. The Labute approximate surface area is 120 Å². The summed E-state index contributed by atoms with van der Waals surface area (Å²) in [6.07, 6.45) is 4.76. The monoisotopic (exact) mass is 282 g/mol. The molecule has 0 amide bonds. The van der Waals surface area contributed by atoms with Crippen LogP contribution >= 0.6 is 11.3 Å². The summed E-state index contributed by atoms with van der Waals surface area (Å²) in [7, 11) is 3.84. The highest BCUT2D eigenvalue weighted by Gasteiger charge is 2.39. The molecule has 108 valence electrons. The lowest BCUT2D eigenvalue weighted by Gasteiger charge is -2.37. The molecule has 1 fully saturated rings. The summed E-state index contributed by atoms with van der Waals surface area (Å²) in [4.78, 5) is 6.17. The number of aromatic nitrogens is 1. The van der Waals surface area contributed by atoms with E-state index in [-0.39, 0.29) is 5.60 Å². The highest BCUT2D eigenvalue weighted by atomic mass is 32.1. The Kier molecular flexibility index (Phi) is 4.64. The normalized spacial score (nSPS) is 29.4. The largest absolute Gasteiger partial charge is 0.371 e. The second kappa shape index (κ2) is 5.90. The SMILES string of the molecule is CNC(C)c1sc(C2(OC)CCCC(C)C2)nc1C. The van der Waals surface area contributed by atoms with E-state index in [0.717, 1.165) is 24.5 Å². The Bertz CT molecular complexity index is 432. The van der Waals surface area contributed by atoms with Crippen LogP contribution in [0.3, 0.4) is 0 Å². The van der Waals surface area contributed by atoms with Gasteiger partial charge in [-0.2, -0.15) is 0 Å². The summed E-state index contributed by atoms with van der Waals surface area (Å²) < 4.78 is 5.94. The fraction of sp³-hybridized carbons (Fsp3) is 0.800. The molecule has 3 nitrogen and oxygen atoms in total. The predicted molar refractivity (Wildman–Crippen MR) is 80.6 cm³/mol. The van der Waals surface area contributed by atoms with Crippen LogP contribution in [-0.4, -0.2) is 19.1 Å². The second-order valence-corrected chi connectivity index (χ2v) is 6.91. The zero-order valence-corrected chi connectivity index (χ0v) is 13.6. The number of ether oxygens (including phenoxy) is 1. The summed E-state index contributed by atoms with van der Waals surface area (Å²) >= 11 is 1.83. The summed E-state index contributed by atoms with van der Waals surface area (Å²) in [5.74, 6) is 0.725. The minimum Gasteiger partial charge on any atom is -0.371 e. The number of hydrogen-bond acceptors (Lipinski definition) is 4. The molecular weight excluding hydrogens is 256 g/mol. The molecule has 1 heterocycles. The molecule has 2 rings (SSSR count). The first-order valence-electron chi connectivity index (χ1n) is 7.22. The van der Waals surface area contributed by atoms with Gasteiger partial charge in [0.1, 0.15) is 10.6 Å². The molecule has 19 heavy (non-hydrogen) atoms. The third kappa shape index (κ3) is 2.86. The van der Waals surface area contributed by atoms with E-state index < -0.39 is 0 Å². The van der Waals surface area contributed by atoms with E-state index in [9.17, 15) is 0 Å². The van der Waals surface area contributed by atoms with Crippen molar-refractivity contribution in [2.24, 2.45) is 5.92 Å².